The zero-order valence-corrected chi connectivity index (χ0v) is 11.5. The Hall–Kier alpha value is -2.46. The van der Waals surface area contributed by atoms with Crippen LogP contribution in [0.4, 0.5) is 5.82 Å². The van der Waals surface area contributed by atoms with Crippen molar-refractivity contribution in [2.75, 3.05) is 11.4 Å². The summed E-state index contributed by atoms with van der Waals surface area (Å²) >= 11 is 0. The molecule has 1 aliphatic rings. The minimum absolute atomic E-state index is 0.0797. The molecule has 1 aliphatic heterocycles. The van der Waals surface area contributed by atoms with E-state index in [1.165, 1.54) is 0 Å². The van der Waals surface area contributed by atoms with E-state index in [0.29, 0.717) is 18.8 Å². The van der Waals surface area contributed by atoms with Crippen molar-refractivity contribution in [3.8, 4) is 0 Å². The molecule has 0 saturated heterocycles. The molecule has 3 rings (SSSR count). The fourth-order valence-electron chi connectivity index (χ4n) is 2.45. The van der Waals surface area contributed by atoms with E-state index in [1.807, 2.05) is 48.5 Å². The van der Waals surface area contributed by atoms with Gasteiger partial charge in [0, 0.05) is 25.2 Å². The van der Waals surface area contributed by atoms with Crippen LogP contribution in [-0.4, -0.2) is 22.5 Å². The molecule has 1 amide bonds. The number of carbonyl (C=O) groups is 1. The molecule has 1 N–H and O–H groups in total. The van der Waals surface area contributed by atoms with E-state index < -0.39 is 6.10 Å². The minimum atomic E-state index is -0.589. The van der Waals surface area contributed by atoms with Crippen LogP contribution in [0.25, 0.3) is 0 Å². The SMILES string of the molecule is O=C1C=C(CC(O)c2ccccc2)CN1c1ccccn1. The lowest BCUT2D eigenvalue weighted by molar-refractivity contribution is -0.113. The highest BCUT2D eigenvalue weighted by Crippen LogP contribution is 2.26. The van der Waals surface area contributed by atoms with E-state index in [-0.39, 0.29) is 5.91 Å². The summed E-state index contributed by atoms with van der Waals surface area (Å²) in [5.74, 6) is 0.562. The number of amides is 1. The zero-order valence-electron chi connectivity index (χ0n) is 11.5. The molecule has 2 aromatic rings. The van der Waals surface area contributed by atoms with Gasteiger partial charge in [0.25, 0.3) is 5.91 Å². The van der Waals surface area contributed by atoms with Crippen molar-refractivity contribution in [3.63, 3.8) is 0 Å². The smallest absolute Gasteiger partial charge is 0.252 e. The van der Waals surface area contributed by atoms with Crippen LogP contribution in [0.2, 0.25) is 0 Å². The first-order valence-electron chi connectivity index (χ1n) is 6.89. The molecular formula is C17H16N2O2. The van der Waals surface area contributed by atoms with Crippen molar-refractivity contribution >= 4 is 11.7 Å². The summed E-state index contributed by atoms with van der Waals surface area (Å²) in [6, 6.07) is 15.0. The molecule has 2 heterocycles. The molecule has 1 atom stereocenters. The van der Waals surface area contributed by atoms with Crippen LogP contribution in [0.5, 0.6) is 0 Å². The van der Waals surface area contributed by atoms with E-state index >= 15 is 0 Å². The molecule has 0 radical (unpaired) electrons. The van der Waals surface area contributed by atoms with Crippen molar-refractivity contribution < 1.29 is 9.90 Å². The molecule has 106 valence electrons. The van der Waals surface area contributed by atoms with Gasteiger partial charge in [0.05, 0.1) is 6.10 Å². The Labute approximate surface area is 123 Å². The summed E-state index contributed by atoms with van der Waals surface area (Å²) < 4.78 is 0. The largest absolute Gasteiger partial charge is 0.388 e. The van der Waals surface area contributed by atoms with Crippen molar-refractivity contribution in [1.29, 1.82) is 0 Å². The van der Waals surface area contributed by atoms with Gasteiger partial charge in [-0.3, -0.25) is 9.69 Å². The van der Waals surface area contributed by atoms with Crippen molar-refractivity contribution in [3.05, 3.63) is 71.9 Å². The molecule has 1 aromatic heterocycles. The lowest BCUT2D eigenvalue weighted by atomic mass is 10.0. The second kappa shape index (κ2) is 5.89. The molecule has 1 unspecified atom stereocenters. The Morgan fingerprint density at radius 1 is 1.14 bits per heavy atom. The molecule has 4 nitrogen and oxygen atoms in total. The number of aliphatic hydroxyl groups excluding tert-OH is 1. The second-order valence-corrected chi connectivity index (χ2v) is 5.05. The lowest BCUT2D eigenvalue weighted by Crippen LogP contribution is -2.26. The summed E-state index contributed by atoms with van der Waals surface area (Å²) in [5.41, 5.74) is 1.78. The molecule has 0 spiro atoms. The number of nitrogens with zero attached hydrogens (tertiary/aromatic N) is 2. The first-order chi connectivity index (χ1) is 10.2. The van der Waals surface area contributed by atoms with Crippen LogP contribution in [0.15, 0.2) is 66.4 Å². The van der Waals surface area contributed by atoms with Gasteiger partial charge in [-0.05, 0) is 23.3 Å². The van der Waals surface area contributed by atoms with Crippen LogP contribution in [0, 0.1) is 0 Å². The van der Waals surface area contributed by atoms with Gasteiger partial charge < -0.3 is 5.11 Å². The maximum absolute atomic E-state index is 12.0. The summed E-state index contributed by atoms with van der Waals surface area (Å²) in [7, 11) is 0. The van der Waals surface area contributed by atoms with Gasteiger partial charge in [-0.15, -0.1) is 0 Å². The Bertz CT molecular complexity index is 653. The molecule has 4 heteroatoms. The number of rotatable bonds is 4. The number of anilines is 1. The van der Waals surface area contributed by atoms with Crippen LogP contribution in [0.3, 0.4) is 0 Å². The zero-order chi connectivity index (χ0) is 14.7. The molecule has 0 saturated carbocycles. The molecule has 0 bridgehead atoms. The quantitative estimate of drug-likeness (QED) is 0.936. The number of hydrogen-bond donors (Lipinski definition) is 1. The summed E-state index contributed by atoms with van der Waals surface area (Å²) in [6.07, 6.45) is 3.13. The maximum atomic E-state index is 12.0. The van der Waals surface area contributed by atoms with Gasteiger partial charge in [-0.25, -0.2) is 4.98 Å². The fraction of sp³-hybridized carbons (Fsp3) is 0.176. The summed E-state index contributed by atoms with van der Waals surface area (Å²) in [4.78, 5) is 17.8. The van der Waals surface area contributed by atoms with E-state index in [0.717, 1.165) is 11.1 Å². The first-order valence-corrected chi connectivity index (χ1v) is 6.89. The maximum Gasteiger partial charge on any atom is 0.252 e. The van der Waals surface area contributed by atoms with Gasteiger partial charge in [0.15, 0.2) is 0 Å². The van der Waals surface area contributed by atoms with Crippen LogP contribution in [0.1, 0.15) is 18.1 Å². The van der Waals surface area contributed by atoms with E-state index in [1.54, 1.807) is 17.2 Å². The Morgan fingerprint density at radius 3 is 2.62 bits per heavy atom. The van der Waals surface area contributed by atoms with E-state index in [4.69, 9.17) is 0 Å². The van der Waals surface area contributed by atoms with Gasteiger partial charge in [-0.1, -0.05) is 36.4 Å². The number of hydrogen-bond acceptors (Lipinski definition) is 3. The van der Waals surface area contributed by atoms with Crippen LogP contribution >= 0.6 is 0 Å². The van der Waals surface area contributed by atoms with Crippen molar-refractivity contribution in [1.82, 2.24) is 4.98 Å². The third-order valence-electron chi connectivity index (χ3n) is 3.52. The Morgan fingerprint density at radius 2 is 1.90 bits per heavy atom. The Balaban J connectivity index is 1.69. The number of pyridine rings is 1. The average Bonchev–Trinajstić information content (AvgIpc) is 2.89. The predicted octanol–water partition coefficient (Wildman–Crippen LogP) is 2.48. The molecular weight excluding hydrogens is 264 g/mol. The van der Waals surface area contributed by atoms with Gasteiger partial charge >= 0.3 is 0 Å². The summed E-state index contributed by atoms with van der Waals surface area (Å²) in [6.45, 7) is 0.486. The van der Waals surface area contributed by atoms with Gasteiger partial charge in [0.2, 0.25) is 0 Å². The minimum Gasteiger partial charge on any atom is -0.388 e. The van der Waals surface area contributed by atoms with Gasteiger partial charge in [-0.2, -0.15) is 0 Å². The monoisotopic (exact) mass is 280 g/mol. The molecule has 0 fully saturated rings. The van der Waals surface area contributed by atoms with E-state index in [9.17, 15) is 9.90 Å². The third kappa shape index (κ3) is 3.01. The normalized spacial score (nSPS) is 16.0. The lowest BCUT2D eigenvalue weighted by Gasteiger charge is -2.16. The number of benzene rings is 1. The highest BCUT2D eigenvalue weighted by atomic mass is 16.3. The topological polar surface area (TPSA) is 53.4 Å². The van der Waals surface area contributed by atoms with Crippen molar-refractivity contribution in [2.24, 2.45) is 0 Å². The molecule has 1 aromatic carbocycles. The van der Waals surface area contributed by atoms with E-state index in [2.05, 4.69) is 4.98 Å². The highest BCUT2D eigenvalue weighted by Gasteiger charge is 2.25. The average molecular weight is 280 g/mol. The fourth-order valence-corrected chi connectivity index (χ4v) is 2.45. The van der Waals surface area contributed by atoms with Gasteiger partial charge in [0.1, 0.15) is 5.82 Å². The predicted molar refractivity (Wildman–Crippen MR) is 80.7 cm³/mol. The summed E-state index contributed by atoms with van der Waals surface area (Å²) in [5, 5.41) is 10.2. The van der Waals surface area contributed by atoms with Crippen LogP contribution in [-0.2, 0) is 4.79 Å². The number of aliphatic hydroxyl groups is 1. The second-order valence-electron chi connectivity index (χ2n) is 5.05. The Kier molecular flexibility index (Phi) is 3.79. The number of aromatic nitrogens is 1. The van der Waals surface area contributed by atoms with Crippen LogP contribution < -0.4 is 4.90 Å². The first kappa shape index (κ1) is 13.5. The number of carbonyl (C=O) groups excluding carboxylic acids is 1. The third-order valence-corrected chi connectivity index (χ3v) is 3.52. The molecule has 21 heavy (non-hydrogen) atoms. The standard InChI is InChI=1S/C17H16N2O2/c20-15(14-6-2-1-3-7-14)10-13-11-17(21)19(12-13)16-8-4-5-9-18-16/h1-9,11,15,20H,10,12H2. The molecule has 0 aliphatic carbocycles. The van der Waals surface area contributed by atoms with Crippen molar-refractivity contribution in [2.45, 2.75) is 12.5 Å². The highest BCUT2D eigenvalue weighted by molar-refractivity contribution is 6.04.